The Morgan fingerprint density at radius 2 is 1.38 bits per heavy atom. The van der Waals surface area contributed by atoms with Gasteiger partial charge in [-0.2, -0.15) is 0 Å². The van der Waals surface area contributed by atoms with Crippen LogP contribution in [0.4, 0.5) is 4.39 Å². The Kier molecular flexibility index (Phi) is 9.79. The first-order valence-electron chi connectivity index (χ1n) is 13.2. The molecule has 8 heteroatoms. The lowest BCUT2D eigenvalue weighted by Gasteiger charge is -2.37. The van der Waals surface area contributed by atoms with E-state index in [4.69, 9.17) is 18.9 Å². The van der Waals surface area contributed by atoms with Crippen molar-refractivity contribution in [1.82, 2.24) is 4.90 Å². The van der Waals surface area contributed by atoms with Gasteiger partial charge in [-0.3, -0.25) is 4.79 Å². The molecular weight excluding hydrogens is 500 g/mol. The molecule has 1 atom stereocenters. The number of carbonyl (C=O) groups is 1. The Bertz CT molecular complexity index is 1140. The van der Waals surface area contributed by atoms with Crippen LogP contribution in [0, 0.1) is 5.92 Å². The number of hydrogen-bond acceptors (Lipinski definition) is 6. The second kappa shape index (κ2) is 13.4. The Balaban J connectivity index is 1.73. The Labute approximate surface area is 229 Å². The molecule has 0 amide bonds. The molecule has 1 heterocycles. The SMILES string of the molecule is COc1ccc(C(OCCN2CCCC(C(=O)O)C2)(c2ccc(OC)cc2)c2ccc(OCC[18F])cc2)cc1. The largest absolute Gasteiger partial charge is 0.497 e. The summed E-state index contributed by atoms with van der Waals surface area (Å²) >= 11 is 0. The van der Waals surface area contributed by atoms with E-state index in [2.05, 4.69) is 4.90 Å². The smallest absolute Gasteiger partial charge is 0.307 e. The molecule has 0 aliphatic carbocycles. The third kappa shape index (κ3) is 6.69. The number of carboxylic acids is 1. The summed E-state index contributed by atoms with van der Waals surface area (Å²) in [6, 6.07) is 23.0. The van der Waals surface area contributed by atoms with Crippen LogP contribution >= 0.6 is 0 Å². The van der Waals surface area contributed by atoms with E-state index in [1.165, 1.54) is 0 Å². The first-order valence-corrected chi connectivity index (χ1v) is 13.2. The topological polar surface area (TPSA) is 77.5 Å². The molecule has 1 N–H and O–H groups in total. The number of nitrogens with zero attached hydrogens (tertiary/aromatic N) is 1. The summed E-state index contributed by atoms with van der Waals surface area (Å²) in [6.07, 6.45) is 1.55. The third-order valence-corrected chi connectivity index (χ3v) is 7.18. The number of ether oxygens (including phenoxy) is 4. The highest BCUT2D eigenvalue weighted by molar-refractivity contribution is 5.70. The van der Waals surface area contributed by atoms with Gasteiger partial charge in [-0.05, 0) is 72.5 Å². The Morgan fingerprint density at radius 1 is 0.872 bits per heavy atom. The number of hydrogen-bond donors (Lipinski definition) is 1. The second-order valence-corrected chi connectivity index (χ2v) is 9.53. The van der Waals surface area contributed by atoms with Crippen molar-refractivity contribution in [2.24, 2.45) is 5.92 Å². The first kappa shape index (κ1) is 28.4. The maximum absolute atomic E-state index is 12.7. The minimum Gasteiger partial charge on any atom is -0.497 e. The van der Waals surface area contributed by atoms with Gasteiger partial charge in [-0.25, -0.2) is 4.39 Å². The van der Waals surface area contributed by atoms with Crippen molar-refractivity contribution in [1.29, 1.82) is 0 Å². The van der Waals surface area contributed by atoms with E-state index in [9.17, 15) is 14.3 Å². The van der Waals surface area contributed by atoms with E-state index in [0.29, 0.717) is 31.9 Å². The number of likely N-dealkylation sites (tertiary alicyclic amines) is 1. The van der Waals surface area contributed by atoms with Crippen molar-refractivity contribution in [3.8, 4) is 17.2 Å². The molecular formula is C31H36FNO6. The number of benzene rings is 3. The molecule has 0 spiro atoms. The fourth-order valence-corrected chi connectivity index (χ4v) is 5.13. The van der Waals surface area contributed by atoms with Gasteiger partial charge in [0.2, 0.25) is 0 Å². The van der Waals surface area contributed by atoms with Crippen molar-refractivity contribution in [3.05, 3.63) is 89.5 Å². The predicted octanol–water partition coefficient (Wildman–Crippen LogP) is 5.16. The Morgan fingerprint density at radius 3 is 1.85 bits per heavy atom. The number of piperidine rings is 1. The number of alkyl halides is 1. The summed E-state index contributed by atoms with van der Waals surface area (Å²) < 4.78 is 35.9. The lowest BCUT2D eigenvalue weighted by Crippen LogP contribution is -2.42. The van der Waals surface area contributed by atoms with Gasteiger partial charge in [0.25, 0.3) is 0 Å². The van der Waals surface area contributed by atoms with Crippen molar-refractivity contribution < 1.29 is 33.2 Å². The van der Waals surface area contributed by atoms with E-state index in [-0.39, 0.29) is 12.5 Å². The summed E-state index contributed by atoms with van der Waals surface area (Å²) in [7, 11) is 3.25. The molecule has 3 aromatic rings. The summed E-state index contributed by atoms with van der Waals surface area (Å²) in [6.45, 7) is 1.74. The zero-order valence-electron chi connectivity index (χ0n) is 22.5. The molecule has 0 bridgehead atoms. The molecule has 208 valence electrons. The quantitative estimate of drug-likeness (QED) is 0.303. The van der Waals surface area contributed by atoms with Crippen LogP contribution < -0.4 is 14.2 Å². The zero-order valence-corrected chi connectivity index (χ0v) is 22.5. The van der Waals surface area contributed by atoms with Crippen LogP contribution in [-0.2, 0) is 15.1 Å². The Hall–Kier alpha value is -3.62. The summed E-state index contributed by atoms with van der Waals surface area (Å²) in [5.74, 6) is 0.920. The lowest BCUT2D eigenvalue weighted by molar-refractivity contribution is -0.143. The maximum atomic E-state index is 12.7. The van der Waals surface area contributed by atoms with Crippen LogP contribution in [0.2, 0.25) is 0 Å². The van der Waals surface area contributed by atoms with E-state index >= 15 is 0 Å². The van der Waals surface area contributed by atoms with E-state index in [1.807, 2.05) is 72.8 Å². The van der Waals surface area contributed by atoms with Crippen LogP contribution in [0.3, 0.4) is 0 Å². The van der Waals surface area contributed by atoms with E-state index in [1.54, 1.807) is 14.2 Å². The van der Waals surface area contributed by atoms with Gasteiger partial charge < -0.3 is 29.0 Å². The van der Waals surface area contributed by atoms with Gasteiger partial charge in [0.1, 0.15) is 36.1 Å². The van der Waals surface area contributed by atoms with Crippen molar-refractivity contribution in [2.45, 2.75) is 18.4 Å². The fourth-order valence-electron chi connectivity index (χ4n) is 5.13. The van der Waals surface area contributed by atoms with E-state index in [0.717, 1.165) is 41.2 Å². The summed E-state index contributed by atoms with van der Waals surface area (Å²) in [4.78, 5) is 13.7. The number of halogens is 1. The van der Waals surface area contributed by atoms with Crippen molar-refractivity contribution >= 4 is 5.97 Å². The highest BCUT2D eigenvalue weighted by Crippen LogP contribution is 2.42. The molecule has 4 rings (SSSR count). The third-order valence-electron chi connectivity index (χ3n) is 7.18. The number of aliphatic carboxylic acids is 1. The minimum absolute atomic E-state index is 0.00881. The standard InChI is InChI=1S/C31H36FNO6/c1-36-27-11-5-24(6-12-27)31(25-7-13-28(37-2)14-8-25,26-9-15-29(16-10-26)38-20-17-32)39-21-19-33-18-3-4-23(22-33)30(34)35/h5-16,23H,3-4,17-22H2,1-2H3,(H,34,35)/i32-1. The predicted molar refractivity (Wildman–Crippen MR) is 147 cm³/mol. The molecule has 7 nitrogen and oxygen atoms in total. The monoisotopic (exact) mass is 536 g/mol. The van der Waals surface area contributed by atoms with Gasteiger partial charge in [-0.1, -0.05) is 36.4 Å². The highest BCUT2D eigenvalue weighted by Gasteiger charge is 2.38. The van der Waals surface area contributed by atoms with Crippen LogP contribution in [0.15, 0.2) is 72.8 Å². The molecule has 0 aromatic heterocycles. The number of rotatable bonds is 13. The van der Waals surface area contributed by atoms with Gasteiger partial charge >= 0.3 is 5.97 Å². The molecule has 0 saturated carbocycles. The molecule has 1 aliphatic rings. The van der Waals surface area contributed by atoms with Gasteiger partial charge in [-0.15, -0.1) is 0 Å². The molecule has 3 aromatic carbocycles. The second-order valence-electron chi connectivity index (χ2n) is 9.53. The van der Waals surface area contributed by atoms with E-state index < -0.39 is 18.2 Å². The average Bonchev–Trinajstić information content (AvgIpc) is 2.99. The van der Waals surface area contributed by atoms with Crippen LogP contribution in [0.1, 0.15) is 29.5 Å². The van der Waals surface area contributed by atoms with Gasteiger partial charge in [0.15, 0.2) is 0 Å². The van der Waals surface area contributed by atoms with Gasteiger partial charge in [0.05, 0.1) is 26.7 Å². The molecule has 1 aliphatic heterocycles. The molecule has 1 saturated heterocycles. The molecule has 1 fully saturated rings. The highest BCUT2D eigenvalue weighted by atomic mass is 18.2. The summed E-state index contributed by atoms with van der Waals surface area (Å²) in [5, 5.41) is 9.51. The number of methoxy groups -OCH3 is 2. The number of carboxylic acid groups (broad SMARTS) is 1. The van der Waals surface area contributed by atoms with Crippen LogP contribution in [0.25, 0.3) is 0 Å². The van der Waals surface area contributed by atoms with Crippen molar-refractivity contribution in [3.63, 3.8) is 0 Å². The summed E-state index contributed by atoms with van der Waals surface area (Å²) in [5.41, 5.74) is 1.66. The first-order chi connectivity index (χ1) is 19.0. The zero-order chi connectivity index (χ0) is 27.7. The normalized spacial score (nSPS) is 16.0. The van der Waals surface area contributed by atoms with Crippen molar-refractivity contribution in [2.75, 3.05) is 53.7 Å². The average molecular weight is 537 g/mol. The van der Waals surface area contributed by atoms with Crippen LogP contribution in [0.5, 0.6) is 17.2 Å². The lowest BCUT2D eigenvalue weighted by atomic mass is 9.80. The molecule has 1 unspecified atom stereocenters. The van der Waals surface area contributed by atoms with Crippen LogP contribution in [-0.4, -0.2) is 69.7 Å². The van der Waals surface area contributed by atoms with Gasteiger partial charge in [0, 0.05) is 13.1 Å². The minimum atomic E-state index is -1.00. The fraction of sp³-hybridized carbons (Fsp3) is 0.387. The maximum Gasteiger partial charge on any atom is 0.307 e. The molecule has 0 radical (unpaired) electrons. The molecule has 39 heavy (non-hydrogen) atoms.